The van der Waals surface area contributed by atoms with Gasteiger partial charge in [-0.05, 0) is 44.7 Å². The maximum atomic E-state index is 13.3. The Morgan fingerprint density at radius 2 is 1.59 bits per heavy atom. The smallest absolute Gasteiger partial charge is 0.321 e. The van der Waals surface area contributed by atoms with Crippen LogP contribution < -0.4 is 0 Å². The Balaban J connectivity index is 2.15. The molecule has 0 spiro atoms. The van der Waals surface area contributed by atoms with E-state index in [9.17, 15) is 28.2 Å². The number of rotatable bonds is 6. The highest BCUT2D eigenvalue weighted by Crippen LogP contribution is 2.67. The number of nitrogens with zero attached hydrogens (tertiary/aromatic N) is 1. The summed E-state index contributed by atoms with van der Waals surface area (Å²) < 4.78 is 28.1. The Bertz CT molecular complexity index is 879. The standard InChI is InChI=1S/C19H25NO6S/c1-4-17-10-18(5-2,11-19(17,15(21)22)16(23)24)20(12-17)27(25,26)14-8-6-13(3)7-9-14/h6-9H,4-5,10-12H2,1-3H3,(H,21,22)(H,23,24). The van der Waals surface area contributed by atoms with E-state index < -0.39 is 38.3 Å². The molecular formula is C19H25NO6S. The van der Waals surface area contributed by atoms with E-state index in [-0.39, 0.29) is 30.7 Å². The molecule has 0 amide bonds. The van der Waals surface area contributed by atoms with Crippen molar-refractivity contribution in [3.63, 3.8) is 0 Å². The van der Waals surface area contributed by atoms with Gasteiger partial charge < -0.3 is 10.2 Å². The van der Waals surface area contributed by atoms with Gasteiger partial charge in [-0.15, -0.1) is 0 Å². The highest BCUT2D eigenvalue weighted by Gasteiger charge is 2.77. The molecule has 1 aromatic rings. The molecule has 1 aromatic carbocycles. The lowest BCUT2D eigenvalue weighted by molar-refractivity contribution is -0.176. The second-order valence-corrected chi connectivity index (χ2v) is 9.77. The van der Waals surface area contributed by atoms with Crippen molar-refractivity contribution in [2.75, 3.05) is 6.54 Å². The summed E-state index contributed by atoms with van der Waals surface area (Å²) in [7, 11) is -3.86. The van der Waals surface area contributed by atoms with Crippen LogP contribution in [-0.2, 0) is 19.6 Å². The van der Waals surface area contributed by atoms with Crippen molar-refractivity contribution in [2.45, 2.75) is 56.9 Å². The van der Waals surface area contributed by atoms with Gasteiger partial charge in [0.05, 0.1) is 4.90 Å². The molecule has 3 rings (SSSR count). The molecule has 148 valence electrons. The largest absolute Gasteiger partial charge is 0.480 e. The summed E-state index contributed by atoms with van der Waals surface area (Å²) >= 11 is 0. The van der Waals surface area contributed by atoms with Crippen LogP contribution in [0.5, 0.6) is 0 Å². The van der Waals surface area contributed by atoms with E-state index in [0.29, 0.717) is 6.42 Å². The van der Waals surface area contributed by atoms with Gasteiger partial charge in [0.2, 0.25) is 10.0 Å². The molecule has 0 radical (unpaired) electrons. The zero-order valence-corrected chi connectivity index (χ0v) is 16.5. The van der Waals surface area contributed by atoms with E-state index in [4.69, 9.17) is 0 Å². The molecule has 1 heterocycles. The zero-order chi connectivity index (χ0) is 20.3. The summed E-state index contributed by atoms with van der Waals surface area (Å²) in [5, 5.41) is 19.7. The molecule has 2 aliphatic rings. The number of carboxylic acids is 2. The lowest BCUT2D eigenvalue weighted by Gasteiger charge is -2.45. The SMILES string of the molecule is CCC12CC(CC)(CN1S(=O)(=O)c1ccc(C)cc1)C(C(=O)O)(C(=O)O)C2. The fraction of sp³-hybridized carbons (Fsp3) is 0.579. The number of carbonyl (C=O) groups is 2. The average molecular weight is 395 g/mol. The number of fused-ring (bicyclic) bond motifs is 2. The van der Waals surface area contributed by atoms with Gasteiger partial charge >= 0.3 is 11.9 Å². The van der Waals surface area contributed by atoms with Crippen molar-refractivity contribution in [1.29, 1.82) is 0 Å². The van der Waals surface area contributed by atoms with Gasteiger partial charge in [-0.3, -0.25) is 9.59 Å². The molecule has 1 aliphatic carbocycles. The van der Waals surface area contributed by atoms with E-state index in [1.807, 2.05) is 6.92 Å². The predicted octanol–water partition coefficient (Wildman–Crippen LogP) is 2.49. The van der Waals surface area contributed by atoms with Crippen LogP contribution in [0.4, 0.5) is 0 Å². The molecular weight excluding hydrogens is 370 g/mol. The summed E-state index contributed by atoms with van der Waals surface area (Å²) in [6.07, 6.45) is 0.687. The third-order valence-electron chi connectivity index (χ3n) is 6.82. The number of aliphatic carboxylic acids is 2. The van der Waals surface area contributed by atoms with Crippen molar-refractivity contribution in [1.82, 2.24) is 4.31 Å². The summed E-state index contributed by atoms with van der Waals surface area (Å²) in [4.78, 5) is 24.3. The van der Waals surface area contributed by atoms with Gasteiger partial charge in [0.15, 0.2) is 5.41 Å². The van der Waals surface area contributed by atoms with E-state index in [1.54, 1.807) is 38.1 Å². The van der Waals surface area contributed by atoms with Crippen LogP contribution in [0, 0.1) is 17.8 Å². The number of hydrogen-bond acceptors (Lipinski definition) is 4. The van der Waals surface area contributed by atoms with E-state index in [1.165, 1.54) is 4.31 Å². The zero-order valence-electron chi connectivity index (χ0n) is 15.7. The second-order valence-electron chi connectivity index (χ2n) is 7.91. The first-order valence-corrected chi connectivity index (χ1v) is 10.5. The Morgan fingerprint density at radius 3 is 2.04 bits per heavy atom. The number of piperidine rings is 1. The minimum Gasteiger partial charge on any atom is -0.480 e. The van der Waals surface area contributed by atoms with Gasteiger partial charge in [-0.2, -0.15) is 4.31 Å². The molecule has 2 fully saturated rings. The van der Waals surface area contributed by atoms with E-state index >= 15 is 0 Å². The minimum absolute atomic E-state index is 0.0911. The van der Waals surface area contributed by atoms with Crippen molar-refractivity contribution in [2.24, 2.45) is 10.8 Å². The Hall–Kier alpha value is -1.93. The normalized spacial score (nSPS) is 29.7. The highest BCUT2D eigenvalue weighted by atomic mass is 32.2. The van der Waals surface area contributed by atoms with Gasteiger partial charge in [0.25, 0.3) is 0 Å². The first kappa shape index (κ1) is 19.8. The van der Waals surface area contributed by atoms with Gasteiger partial charge in [0.1, 0.15) is 0 Å². The van der Waals surface area contributed by atoms with Crippen molar-refractivity contribution in [3.8, 4) is 0 Å². The fourth-order valence-corrected chi connectivity index (χ4v) is 7.09. The number of sulfonamides is 1. The van der Waals surface area contributed by atoms with Crippen LogP contribution in [0.2, 0.25) is 0 Å². The molecule has 1 saturated carbocycles. The number of carboxylic acid groups (broad SMARTS) is 2. The molecule has 1 aliphatic heterocycles. The maximum Gasteiger partial charge on any atom is 0.321 e. The quantitative estimate of drug-likeness (QED) is 0.716. The molecule has 2 atom stereocenters. The van der Waals surface area contributed by atoms with Gasteiger partial charge in [0, 0.05) is 17.5 Å². The van der Waals surface area contributed by atoms with Gasteiger partial charge in [-0.25, -0.2) is 8.42 Å². The van der Waals surface area contributed by atoms with Crippen LogP contribution in [-0.4, -0.2) is 47.0 Å². The molecule has 0 aromatic heterocycles. The molecule has 2 N–H and O–H groups in total. The Kier molecular flexibility index (Phi) is 4.43. The molecule has 8 heteroatoms. The maximum absolute atomic E-state index is 13.3. The molecule has 1 saturated heterocycles. The van der Waals surface area contributed by atoms with E-state index in [0.717, 1.165) is 5.56 Å². The van der Waals surface area contributed by atoms with Gasteiger partial charge in [-0.1, -0.05) is 31.5 Å². The van der Waals surface area contributed by atoms with Crippen LogP contribution in [0.1, 0.15) is 45.1 Å². The van der Waals surface area contributed by atoms with Crippen molar-refractivity contribution >= 4 is 22.0 Å². The second kappa shape index (κ2) is 6.04. The van der Waals surface area contributed by atoms with Crippen LogP contribution in [0.15, 0.2) is 29.2 Å². The number of hydrogen-bond donors (Lipinski definition) is 2. The predicted molar refractivity (Wildman–Crippen MR) is 97.8 cm³/mol. The molecule has 7 nitrogen and oxygen atoms in total. The van der Waals surface area contributed by atoms with E-state index in [2.05, 4.69) is 0 Å². The minimum atomic E-state index is -3.86. The lowest BCUT2D eigenvalue weighted by Crippen LogP contribution is -2.60. The third kappa shape index (κ3) is 2.39. The van der Waals surface area contributed by atoms with Crippen LogP contribution >= 0.6 is 0 Å². The fourth-order valence-electron chi connectivity index (χ4n) is 5.17. The Labute approximate surface area is 159 Å². The third-order valence-corrected chi connectivity index (χ3v) is 8.78. The average Bonchev–Trinajstić information content (AvgIpc) is 3.13. The first-order valence-electron chi connectivity index (χ1n) is 9.08. The lowest BCUT2D eigenvalue weighted by atomic mass is 9.63. The van der Waals surface area contributed by atoms with Crippen molar-refractivity contribution in [3.05, 3.63) is 29.8 Å². The first-order chi connectivity index (χ1) is 12.5. The highest BCUT2D eigenvalue weighted by molar-refractivity contribution is 7.89. The van der Waals surface area contributed by atoms with Crippen LogP contribution in [0.25, 0.3) is 0 Å². The molecule has 27 heavy (non-hydrogen) atoms. The monoisotopic (exact) mass is 395 g/mol. The number of benzene rings is 1. The summed E-state index contributed by atoms with van der Waals surface area (Å²) in [5.41, 5.74) is -3.16. The molecule has 2 bridgehead atoms. The number of aryl methyl sites for hydroxylation is 1. The summed E-state index contributed by atoms with van der Waals surface area (Å²) in [5.74, 6) is -2.75. The summed E-state index contributed by atoms with van der Waals surface area (Å²) in [6, 6.07) is 6.52. The Morgan fingerprint density at radius 1 is 1.04 bits per heavy atom. The topological polar surface area (TPSA) is 112 Å². The van der Waals surface area contributed by atoms with Crippen LogP contribution in [0.3, 0.4) is 0 Å². The molecule has 2 unspecified atom stereocenters. The van der Waals surface area contributed by atoms with Crippen molar-refractivity contribution < 1.29 is 28.2 Å². The summed E-state index contributed by atoms with van der Waals surface area (Å²) in [6.45, 7) is 5.31.